The standard InChI is InChI=1S/C6H14BNO4/c1-4(2)3-5(8)6(9)12-7(10)11/h4-5,10-11H,3,8H2,1-2H3/t5-/m0/s1. The zero-order valence-electron chi connectivity index (χ0n) is 7.23. The summed E-state index contributed by atoms with van der Waals surface area (Å²) in [6.07, 6.45) is 0.464. The Morgan fingerprint density at radius 3 is 2.42 bits per heavy atom. The van der Waals surface area contributed by atoms with Crippen LogP contribution in [-0.2, 0) is 9.45 Å². The van der Waals surface area contributed by atoms with E-state index < -0.39 is 19.3 Å². The fourth-order valence-corrected chi connectivity index (χ4v) is 0.795. The molecule has 0 bridgehead atoms. The van der Waals surface area contributed by atoms with Crippen LogP contribution in [0.1, 0.15) is 20.3 Å². The molecule has 0 fully saturated rings. The van der Waals surface area contributed by atoms with Gasteiger partial charge in [0.15, 0.2) is 0 Å². The van der Waals surface area contributed by atoms with Crippen molar-refractivity contribution in [2.75, 3.05) is 0 Å². The van der Waals surface area contributed by atoms with Gasteiger partial charge in [0.1, 0.15) is 6.04 Å². The van der Waals surface area contributed by atoms with Crippen LogP contribution in [0.25, 0.3) is 0 Å². The topological polar surface area (TPSA) is 92.8 Å². The van der Waals surface area contributed by atoms with Gasteiger partial charge >= 0.3 is 13.3 Å². The van der Waals surface area contributed by atoms with E-state index in [1.165, 1.54) is 0 Å². The highest BCUT2D eigenvalue weighted by molar-refractivity contribution is 6.35. The molecule has 0 aromatic rings. The molecule has 0 aliphatic rings. The zero-order valence-corrected chi connectivity index (χ0v) is 7.23. The van der Waals surface area contributed by atoms with Gasteiger partial charge in [0.2, 0.25) is 0 Å². The van der Waals surface area contributed by atoms with Gasteiger partial charge in [0.25, 0.3) is 0 Å². The summed E-state index contributed by atoms with van der Waals surface area (Å²) in [6, 6.07) is -0.785. The van der Waals surface area contributed by atoms with E-state index in [-0.39, 0.29) is 5.92 Å². The van der Waals surface area contributed by atoms with E-state index in [9.17, 15) is 4.79 Å². The summed E-state index contributed by atoms with van der Waals surface area (Å²) >= 11 is 0. The first-order valence-electron chi connectivity index (χ1n) is 3.75. The molecule has 0 spiro atoms. The maximum Gasteiger partial charge on any atom is 0.709 e. The first-order chi connectivity index (χ1) is 5.43. The molecule has 0 aromatic carbocycles. The molecule has 6 heteroatoms. The van der Waals surface area contributed by atoms with Crippen LogP contribution in [0.4, 0.5) is 0 Å². The Balaban J connectivity index is 3.77. The molecule has 0 aromatic heterocycles. The monoisotopic (exact) mass is 175 g/mol. The molecule has 0 aliphatic heterocycles. The molecule has 0 unspecified atom stereocenters. The minimum Gasteiger partial charge on any atom is -0.484 e. The zero-order chi connectivity index (χ0) is 9.72. The van der Waals surface area contributed by atoms with Crippen LogP contribution in [0, 0.1) is 5.92 Å². The Bertz CT molecular complexity index is 150. The van der Waals surface area contributed by atoms with Crippen LogP contribution in [0.2, 0.25) is 0 Å². The Morgan fingerprint density at radius 1 is 1.58 bits per heavy atom. The van der Waals surface area contributed by atoms with Gasteiger partial charge in [-0.05, 0) is 12.3 Å². The molecule has 0 saturated carbocycles. The Kier molecular flexibility index (Phi) is 4.88. The van der Waals surface area contributed by atoms with Gasteiger partial charge in [-0.3, -0.25) is 4.79 Å². The van der Waals surface area contributed by atoms with Gasteiger partial charge in [-0.25, -0.2) is 0 Å². The lowest BCUT2D eigenvalue weighted by atomic mass is 10.0. The molecular formula is C6H14BNO4. The highest BCUT2D eigenvalue weighted by Crippen LogP contribution is 2.03. The van der Waals surface area contributed by atoms with Crippen molar-refractivity contribution in [2.24, 2.45) is 11.7 Å². The van der Waals surface area contributed by atoms with Gasteiger partial charge in [-0.15, -0.1) is 0 Å². The number of carbonyl (C=O) groups excluding carboxylic acids is 1. The van der Waals surface area contributed by atoms with E-state index >= 15 is 0 Å². The quantitative estimate of drug-likeness (QED) is 0.470. The maximum absolute atomic E-state index is 10.8. The molecule has 0 radical (unpaired) electrons. The Hall–Kier alpha value is -0.585. The summed E-state index contributed by atoms with van der Waals surface area (Å²) in [6.45, 7) is 3.81. The summed E-state index contributed by atoms with van der Waals surface area (Å²) in [7, 11) is -2.07. The number of nitrogens with two attached hydrogens (primary N) is 1. The van der Waals surface area contributed by atoms with E-state index in [1.807, 2.05) is 13.8 Å². The smallest absolute Gasteiger partial charge is 0.484 e. The molecule has 4 N–H and O–H groups in total. The fourth-order valence-electron chi connectivity index (χ4n) is 0.795. The van der Waals surface area contributed by atoms with Crippen molar-refractivity contribution in [1.29, 1.82) is 0 Å². The van der Waals surface area contributed by atoms with Crippen molar-refractivity contribution in [1.82, 2.24) is 0 Å². The molecule has 0 rings (SSSR count). The summed E-state index contributed by atoms with van der Waals surface area (Å²) in [5.74, 6) is -0.526. The van der Waals surface area contributed by atoms with Crippen LogP contribution in [0.5, 0.6) is 0 Å². The van der Waals surface area contributed by atoms with Gasteiger partial charge in [-0.1, -0.05) is 13.8 Å². The fraction of sp³-hybridized carbons (Fsp3) is 0.833. The minimum atomic E-state index is -2.07. The molecule has 0 heterocycles. The molecule has 70 valence electrons. The Labute approximate surface area is 71.7 Å². The van der Waals surface area contributed by atoms with Crippen LogP contribution in [-0.4, -0.2) is 29.4 Å². The van der Waals surface area contributed by atoms with Crippen molar-refractivity contribution in [3.63, 3.8) is 0 Å². The molecule has 0 amide bonds. The highest BCUT2D eigenvalue weighted by Gasteiger charge is 2.22. The second-order valence-corrected chi connectivity index (χ2v) is 3.00. The van der Waals surface area contributed by atoms with Crippen LogP contribution in [0.15, 0.2) is 0 Å². The molecule has 1 atom stereocenters. The summed E-state index contributed by atoms with van der Waals surface area (Å²) in [5, 5.41) is 16.5. The number of rotatable bonds is 4. The van der Waals surface area contributed by atoms with Crippen LogP contribution < -0.4 is 5.73 Å². The third-order valence-corrected chi connectivity index (χ3v) is 1.25. The van der Waals surface area contributed by atoms with E-state index in [0.29, 0.717) is 6.42 Å². The lowest BCUT2D eigenvalue weighted by Gasteiger charge is -2.12. The average Bonchev–Trinajstić information content (AvgIpc) is 1.84. The lowest BCUT2D eigenvalue weighted by Crippen LogP contribution is -2.37. The summed E-state index contributed by atoms with van der Waals surface area (Å²) < 4.78 is 4.06. The second-order valence-electron chi connectivity index (χ2n) is 3.00. The third kappa shape index (κ3) is 5.12. The normalized spacial score (nSPS) is 12.8. The SMILES string of the molecule is CC(C)C[C@H](N)C(=O)OB(O)O. The predicted molar refractivity (Wildman–Crippen MR) is 43.7 cm³/mol. The number of hydrogen-bond acceptors (Lipinski definition) is 5. The van der Waals surface area contributed by atoms with Gasteiger partial charge in [0.05, 0.1) is 0 Å². The Morgan fingerprint density at radius 2 is 2.08 bits per heavy atom. The van der Waals surface area contributed by atoms with Crippen molar-refractivity contribution >= 4 is 13.3 Å². The van der Waals surface area contributed by atoms with Crippen LogP contribution in [0.3, 0.4) is 0 Å². The van der Waals surface area contributed by atoms with Gasteiger partial charge < -0.3 is 20.4 Å². The largest absolute Gasteiger partial charge is 0.709 e. The first-order valence-corrected chi connectivity index (χ1v) is 3.75. The van der Waals surface area contributed by atoms with Crippen molar-refractivity contribution in [2.45, 2.75) is 26.3 Å². The van der Waals surface area contributed by atoms with Crippen molar-refractivity contribution < 1.29 is 19.5 Å². The van der Waals surface area contributed by atoms with Crippen molar-refractivity contribution in [3.8, 4) is 0 Å². The van der Waals surface area contributed by atoms with E-state index in [4.69, 9.17) is 15.8 Å². The second kappa shape index (κ2) is 5.13. The average molecular weight is 175 g/mol. The molecule has 12 heavy (non-hydrogen) atoms. The van der Waals surface area contributed by atoms with E-state index in [0.717, 1.165) is 0 Å². The van der Waals surface area contributed by atoms with Gasteiger partial charge in [-0.2, -0.15) is 0 Å². The number of carbonyl (C=O) groups is 1. The van der Waals surface area contributed by atoms with Crippen LogP contribution >= 0.6 is 0 Å². The molecule has 0 saturated heterocycles. The third-order valence-electron chi connectivity index (χ3n) is 1.25. The minimum absolute atomic E-state index is 0.267. The predicted octanol–water partition coefficient (Wildman–Crippen LogP) is -1.13. The first kappa shape index (κ1) is 11.4. The highest BCUT2D eigenvalue weighted by atomic mass is 16.6. The van der Waals surface area contributed by atoms with E-state index in [1.54, 1.807) is 0 Å². The molecule has 0 aliphatic carbocycles. The van der Waals surface area contributed by atoms with Crippen molar-refractivity contribution in [3.05, 3.63) is 0 Å². The molecular weight excluding hydrogens is 161 g/mol. The number of hydrogen-bond donors (Lipinski definition) is 3. The van der Waals surface area contributed by atoms with Gasteiger partial charge in [0, 0.05) is 0 Å². The maximum atomic E-state index is 10.8. The summed E-state index contributed by atoms with van der Waals surface area (Å²) in [4.78, 5) is 10.8. The summed E-state index contributed by atoms with van der Waals surface area (Å²) in [5.41, 5.74) is 5.37. The van der Waals surface area contributed by atoms with E-state index in [2.05, 4.69) is 4.65 Å². The lowest BCUT2D eigenvalue weighted by molar-refractivity contribution is -0.138. The molecule has 5 nitrogen and oxygen atoms in total.